The van der Waals surface area contributed by atoms with E-state index < -0.39 is 7.71 Å². The molecule has 0 aliphatic rings. The summed E-state index contributed by atoms with van der Waals surface area (Å²) in [5.41, 5.74) is 0. The fourth-order valence-electron chi connectivity index (χ4n) is 0.323. The molecule has 5 heteroatoms. The van der Waals surface area contributed by atoms with Crippen LogP contribution in [0.15, 0.2) is 0 Å². The van der Waals surface area contributed by atoms with Gasteiger partial charge < -0.3 is 0 Å². The molecule has 0 rings (SSSR count). The number of hydrogen-bond acceptors (Lipinski definition) is 4. The second-order valence-electron chi connectivity index (χ2n) is 1.22. The Bertz CT molecular complexity index is 137. The molecule has 0 aromatic rings. The van der Waals surface area contributed by atoms with E-state index in [2.05, 4.69) is 0 Å². The second kappa shape index (κ2) is 4.51. The minimum absolute atomic E-state index is 0.530. The van der Waals surface area contributed by atoms with Gasteiger partial charge in [0.05, 0.1) is 13.2 Å². The van der Waals surface area contributed by atoms with Gasteiger partial charge in [0.1, 0.15) is 7.71 Å². The van der Waals surface area contributed by atoms with Gasteiger partial charge in [-0.2, -0.15) is 0 Å². The van der Waals surface area contributed by atoms with E-state index in [-0.39, 0.29) is 0 Å². The van der Waals surface area contributed by atoms with Crippen molar-refractivity contribution >= 4 is 30.1 Å². The lowest BCUT2D eigenvalue weighted by Gasteiger charge is -2.06. The van der Waals surface area contributed by atoms with Crippen LogP contribution in [0.3, 0.4) is 0 Å². The zero-order chi connectivity index (χ0) is 7.33. The van der Waals surface area contributed by atoms with Crippen LogP contribution in [0.2, 0.25) is 0 Å². The smallest absolute Gasteiger partial charge is 0.137 e. The fraction of sp³-hybridized carbons (Fsp3) is 1.00. The highest BCUT2D eigenvalue weighted by atomic mass is 33.1. The summed E-state index contributed by atoms with van der Waals surface area (Å²) in [4.78, 5) is 0. The molecule has 0 heterocycles. The summed E-state index contributed by atoms with van der Waals surface area (Å²) in [6.45, 7) is 4.75. The molecule has 0 N–H and O–H groups in total. The van der Waals surface area contributed by atoms with Crippen LogP contribution in [0.4, 0.5) is 0 Å². The predicted octanol–water partition coefficient (Wildman–Crippen LogP) is 0.967. The molecule has 0 saturated carbocycles. The maximum absolute atomic E-state index is 4.96. The Balaban J connectivity index is 3.73. The van der Waals surface area contributed by atoms with E-state index in [4.69, 9.17) is 30.7 Å². The van der Waals surface area contributed by atoms with Crippen LogP contribution in [0, 0.1) is 0 Å². The van der Waals surface area contributed by atoms with Gasteiger partial charge in [0, 0.05) is 22.4 Å². The summed E-state index contributed by atoms with van der Waals surface area (Å²) in [7, 11) is -2.02. The third-order valence-corrected chi connectivity index (χ3v) is 2.73. The van der Waals surface area contributed by atoms with Gasteiger partial charge in [-0.25, -0.2) is 0 Å². The van der Waals surface area contributed by atoms with E-state index >= 15 is 0 Å². The van der Waals surface area contributed by atoms with Gasteiger partial charge in [0.2, 0.25) is 0 Å². The van der Waals surface area contributed by atoms with Crippen molar-refractivity contribution in [3.05, 3.63) is 0 Å². The maximum atomic E-state index is 4.96. The molecule has 0 bridgehead atoms. The first-order valence-electron chi connectivity index (χ1n) is 2.66. The molecule has 0 fully saturated rings. The Morgan fingerprint density at radius 3 is 1.67 bits per heavy atom. The van der Waals surface area contributed by atoms with Crippen molar-refractivity contribution in [3.63, 3.8) is 0 Å². The molecule has 0 aromatic carbocycles. The summed E-state index contributed by atoms with van der Waals surface area (Å²) in [5.74, 6) is 0. The van der Waals surface area contributed by atoms with E-state index in [1.54, 1.807) is 0 Å². The first kappa shape index (κ1) is 9.71. The Hall–Kier alpha value is 0.710. The van der Waals surface area contributed by atoms with Gasteiger partial charge in [0.15, 0.2) is 0 Å². The van der Waals surface area contributed by atoms with Crippen molar-refractivity contribution < 1.29 is 8.37 Å². The van der Waals surface area contributed by atoms with Gasteiger partial charge >= 0.3 is 0 Å². The standard InChI is InChI=1S/C4H10O2S3/c1-3-5-9(7,8)6-4-2/h3-4H2,1-2H3. The van der Waals surface area contributed by atoms with E-state index in [1.165, 1.54) is 0 Å². The van der Waals surface area contributed by atoms with Gasteiger partial charge in [-0.05, 0) is 13.8 Å². The van der Waals surface area contributed by atoms with Crippen molar-refractivity contribution in [2.45, 2.75) is 13.8 Å². The molecule has 0 aliphatic heterocycles. The molecular formula is C4H10O2S3. The molecule has 0 atom stereocenters. The van der Waals surface area contributed by atoms with Crippen LogP contribution in [-0.2, 0) is 38.5 Å². The summed E-state index contributed by atoms with van der Waals surface area (Å²) in [5, 5.41) is 0. The van der Waals surface area contributed by atoms with E-state index in [9.17, 15) is 0 Å². The summed E-state index contributed by atoms with van der Waals surface area (Å²) in [6.07, 6.45) is 0. The zero-order valence-corrected chi connectivity index (χ0v) is 7.90. The average molecular weight is 186 g/mol. The second-order valence-corrected chi connectivity index (χ2v) is 5.78. The Morgan fingerprint density at radius 1 is 1.11 bits per heavy atom. The number of hydrogen-bond donors (Lipinski definition) is 0. The Morgan fingerprint density at radius 2 is 1.44 bits per heavy atom. The summed E-state index contributed by atoms with van der Waals surface area (Å²) in [6, 6.07) is 0. The molecule has 0 spiro atoms. The van der Waals surface area contributed by atoms with Gasteiger partial charge in [-0.15, -0.1) is 0 Å². The van der Waals surface area contributed by atoms with Crippen molar-refractivity contribution in [1.82, 2.24) is 0 Å². The fourth-order valence-corrected chi connectivity index (χ4v) is 2.12. The molecular weight excluding hydrogens is 176 g/mol. The molecule has 0 radical (unpaired) electrons. The van der Waals surface area contributed by atoms with Gasteiger partial charge in [-0.1, -0.05) is 0 Å². The van der Waals surface area contributed by atoms with Crippen LogP contribution >= 0.6 is 0 Å². The lowest BCUT2D eigenvalue weighted by Crippen LogP contribution is -2.06. The third-order valence-electron chi connectivity index (χ3n) is 0.524. The maximum Gasteiger partial charge on any atom is 0.137 e. The van der Waals surface area contributed by atoms with Crippen LogP contribution in [0.1, 0.15) is 13.8 Å². The number of rotatable bonds is 4. The van der Waals surface area contributed by atoms with Crippen LogP contribution in [0.25, 0.3) is 0 Å². The zero-order valence-electron chi connectivity index (χ0n) is 5.46. The SMILES string of the molecule is CCOS(=S)(=S)OCC. The quantitative estimate of drug-likeness (QED) is 0.651. The topological polar surface area (TPSA) is 18.5 Å². The minimum Gasteiger partial charge on any atom is -0.290 e. The van der Waals surface area contributed by atoms with Gasteiger partial charge in [-0.3, -0.25) is 8.37 Å². The van der Waals surface area contributed by atoms with Crippen molar-refractivity contribution in [1.29, 1.82) is 0 Å². The first-order chi connectivity index (χ1) is 4.12. The predicted molar refractivity (Wildman–Crippen MR) is 45.3 cm³/mol. The van der Waals surface area contributed by atoms with Gasteiger partial charge in [0.25, 0.3) is 0 Å². The van der Waals surface area contributed by atoms with E-state index in [0.29, 0.717) is 13.2 Å². The largest absolute Gasteiger partial charge is 0.290 e. The molecule has 56 valence electrons. The van der Waals surface area contributed by atoms with Crippen molar-refractivity contribution in [2.75, 3.05) is 13.2 Å². The minimum atomic E-state index is -2.02. The Kier molecular flexibility index (Phi) is 4.87. The highest BCUT2D eigenvalue weighted by Gasteiger charge is 1.96. The lowest BCUT2D eigenvalue weighted by atomic mass is 10.9. The monoisotopic (exact) mass is 186 g/mol. The van der Waals surface area contributed by atoms with E-state index in [0.717, 1.165) is 0 Å². The molecule has 2 nitrogen and oxygen atoms in total. The first-order valence-corrected chi connectivity index (χ1v) is 5.99. The van der Waals surface area contributed by atoms with Crippen molar-refractivity contribution in [3.8, 4) is 0 Å². The average Bonchev–Trinajstić information content (AvgIpc) is 1.64. The van der Waals surface area contributed by atoms with Crippen LogP contribution in [-0.4, -0.2) is 13.2 Å². The van der Waals surface area contributed by atoms with Crippen molar-refractivity contribution in [2.24, 2.45) is 0 Å². The van der Waals surface area contributed by atoms with E-state index in [1.807, 2.05) is 13.8 Å². The molecule has 0 aromatic heterocycles. The normalized spacial score (nSPS) is 11.8. The molecule has 0 amide bonds. The molecule has 0 saturated heterocycles. The molecule has 9 heavy (non-hydrogen) atoms. The molecule has 0 unspecified atom stereocenters. The lowest BCUT2D eigenvalue weighted by molar-refractivity contribution is 0.298. The van der Waals surface area contributed by atoms with Crippen LogP contribution < -0.4 is 0 Å². The molecule has 0 aliphatic carbocycles. The Labute approximate surface area is 65.8 Å². The highest BCUT2D eigenvalue weighted by Crippen LogP contribution is 1.95. The third kappa shape index (κ3) is 5.17. The summed E-state index contributed by atoms with van der Waals surface area (Å²) >= 11 is 9.59. The van der Waals surface area contributed by atoms with Crippen LogP contribution in [0.5, 0.6) is 0 Å². The summed E-state index contributed by atoms with van der Waals surface area (Å²) < 4.78 is 9.92. The highest BCUT2D eigenvalue weighted by molar-refractivity contribution is 8.51.